The number of anilines is 1. The molecule has 0 unspecified atom stereocenters. The first-order valence-corrected chi connectivity index (χ1v) is 6.64. The SMILES string of the molecule is CCc1cc(=O)n2cc(NC(C)(C)C=O)cc(C)c2n1. The molecule has 0 aliphatic rings. The average Bonchev–Trinajstić information content (AvgIpc) is 2.39. The van der Waals surface area contributed by atoms with Crippen LogP contribution in [-0.2, 0) is 11.2 Å². The van der Waals surface area contributed by atoms with Gasteiger partial charge in [-0.1, -0.05) is 6.92 Å². The third kappa shape index (κ3) is 2.71. The van der Waals surface area contributed by atoms with Crippen molar-refractivity contribution in [2.24, 2.45) is 0 Å². The molecule has 1 N–H and O–H groups in total. The molecule has 2 rings (SSSR count). The van der Waals surface area contributed by atoms with Gasteiger partial charge < -0.3 is 10.1 Å². The molecule has 0 bridgehead atoms. The fourth-order valence-corrected chi connectivity index (χ4v) is 2.07. The highest BCUT2D eigenvalue weighted by Crippen LogP contribution is 2.17. The van der Waals surface area contributed by atoms with Gasteiger partial charge in [-0.25, -0.2) is 4.98 Å². The molecule has 20 heavy (non-hydrogen) atoms. The number of aldehydes is 1. The van der Waals surface area contributed by atoms with Gasteiger partial charge >= 0.3 is 0 Å². The van der Waals surface area contributed by atoms with Gasteiger partial charge in [0.15, 0.2) is 0 Å². The molecular weight excluding hydrogens is 254 g/mol. The van der Waals surface area contributed by atoms with Crippen molar-refractivity contribution in [3.63, 3.8) is 0 Å². The monoisotopic (exact) mass is 273 g/mol. The molecule has 2 heterocycles. The first-order chi connectivity index (χ1) is 9.36. The van der Waals surface area contributed by atoms with Gasteiger partial charge in [0.1, 0.15) is 11.9 Å². The molecule has 0 radical (unpaired) electrons. The zero-order valence-corrected chi connectivity index (χ0v) is 12.2. The highest BCUT2D eigenvalue weighted by Gasteiger charge is 2.16. The van der Waals surface area contributed by atoms with Crippen molar-refractivity contribution in [2.45, 2.75) is 39.7 Å². The van der Waals surface area contributed by atoms with Crippen LogP contribution in [0, 0.1) is 6.92 Å². The first kappa shape index (κ1) is 14.2. The summed E-state index contributed by atoms with van der Waals surface area (Å²) in [7, 11) is 0. The Morgan fingerprint density at radius 3 is 2.70 bits per heavy atom. The molecule has 0 saturated carbocycles. The number of nitrogens with one attached hydrogen (secondary N) is 1. The second-order valence-electron chi connectivity index (χ2n) is 5.51. The molecule has 0 spiro atoms. The Bertz CT molecular complexity index is 717. The third-order valence-corrected chi connectivity index (χ3v) is 3.12. The molecule has 0 aliphatic heterocycles. The van der Waals surface area contributed by atoms with E-state index in [0.717, 1.165) is 29.7 Å². The Balaban J connectivity index is 2.61. The molecule has 2 aromatic rings. The number of aromatic nitrogens is 2. The number of hydrogen-bond acceptors (Lipinski definition) is 4. The van der Waals surface area contributed by atoms with Crippen LogP contribution in [0.5, 0.6) is 0 Å². The van der Waals surface area contributed by atoms with Gasteiger partial charge in [0.2, 0.25) is 0 Å². The van der Waals surface area contributed by atoms with E-state index in [0.29, 0.717) is 5.65 Å². The second kappa shape index (κ2) is 5.07. The van der Waals surface area contributed by atoms with Crippen molar-refractivity contribution in [1.82, 2.24) is 9.38 Å². The predicted octanol–water partition coefficient (Wildman–Crippen LogP) is 1.95. The Morgan fingerprint density at radius 1 is 1.40 bits per heavy atom. The Morgan fingerprint density at radius 2 is 2.10 bits per heavy atom. The van der Waals surface area contributed by atoms with Crippen LogP contribution in [-0.4, -0.2) is 21.2 Å². The fourth-order valence-electron chi connectivity index (χ4n) is 2.07. The largest absolute Gasteiger partial charge is 0.372 e. The summed E-state index contributed by atoms with van der Waals surface area (Å²) in [6.07, 6.45) is 3.25. The van der Waals surface area contributed by atoms with Crippen molar-refractivity contribution in [3.8, 4) is 0 Å². The summed E-state index contributed by atoms with van der Waals surface area (Å²) in [6, 6.07) is 3.44. The highest BCUT2D eigenvalue weighted by atomic mass is 16.1. The zero-order chi connectivity index (χ0) is 14.9. The average molecular weight is 273 g/mol. The number of carbonyl (C=O) groups excluding carboxylic acids is 1. The first-order valence-electron chi connectivity index (χ1n) is 6.64. The van der Waals surface area contributed by atoms with Gasteiger partial charge in [0.25, 0.3) is 5.56 Å². The van der Waals surface area contributed by atoms with E-state index in [1.165, 1.54) is 4.40 Å². The highest BCUT2D eigenvalue weighted by molar-refractivity contribution is 5.70. The molecule has 106 valence electrons. The maximum absolute atomic E-state index is 12.1. The van der Waals surface area contributed by atoms with Crippen LogP contribution in [0.15, 0.2) is 23.1 Å². The zero-order valence-electron chi connectivity index (χ0n) is 12.2. The van der Waals surface area contributed by atoms with Crippen LogP contribution >= 0.6 is 0 Å². The molecular formula is C15H19N3O2. The van der Waals surface area contributed by atoms with Gasteiger partial charge in [0, 0.05) is 18.0 Å². The summed E-state index contributed by atoms with van der Waals surface area (Å²) >= 11 is 0. The van der Waals surface area contributed by atoms with Crippen LogP contribution < -0.4 is 10.9 Å². The summed E-state index contributed by atoms with van der Waals surface area (Å²) in [5.41, 5.74) is 2.27. The van der Waals surface area contributed by atoms with E-state index < -0.39 is 5.54 Å². The third-order valence-electron chi connectivity index (χ3n) is 3.12. The number of carbonyl (C=O) groups is 1. The van der Waals surface area contributed by atoms with Crippen LogP contribution in [0.1, 0.15) is 32.0 Å². The van der Waals surface area contributed by atoms with E-state index in [4.69, 9.17) is 0 Å². The van der Waals surface area contributed by atoms with Gasteiger partial charge in [-0.3, -0.25) is 9.20 Å². The quantitative estimate of drug-likeness (QED) is 0.865. The lowest BCUT2D eigenvalue weighted by Crippen LogP contribution is -2.32. The summed E-state index contributed by atoms with van der Waals surface area (Å²) < 4.78 is 1.51. The van der Waals surface area contributed by atoms with E-state index >= 15 is 0 Å². The van der Waals surface area contributed by atoms with Gasteiger partial charge in [0.05, 0.1) is 11.2 Å². The minimum absolute atomic E-state index is 0.109. The maximum Gasteiger partial charge on any atom is 0.258 e. The predicted molar refractivity (Wildman–Crippen MR) is 79.3 cm³/mol. The molecule has 5 nitrogen and oxygen atoms in total. The number of pyridine rings is 1. The summed E-state index contributed by atoms with van der Waals surface area (Å²) in [6.45, 7) is 7.43. The summed E-state index contributed by atoms with van der Waals surface area (Å²) in [5, 5.41) is 3.10. The molecule has 0 amide bonds. The Labute approximate surface area is 117 Å². The van der Waals surface area contributed by atoms with E-state index in [2.05, 4.69) is 10.3 Å². The van der Waals surface area contributed by atoms with Crippen molar-refractivity contribution in [3.05, 3.63) is 39.9 Å². The van der Waals surface area contributed by atoms with Crippen LogP contribution in [0.4, 0.5) is 5.69 Å². The number of rotatable bonds is 4. The smallest absolute Gasteiger partial charge is 0.258 e. The van der Waals surface area contributed by atoms with E-state index in [-0.39, 0.29) is 5.56 Å². The lowest BCUT2D eigenvalue weighted by Gasteiger charge is -2.21. The fraction of sp³-hybridized carbons (Fsp3) is 0.400. The Hall–Kier alpha value is -2.17. The van der Waals surface area contributed by atoms with Gasteiger partial charge in [-0.2, -0.15) is 0 Å². The number of aryl methyl sites for hydroxylation is 2. The van der Waals surface area contributed by atoms with Gasteiger partial charge in [-0.05, 0) is 38.8 Å². The van der Waals surface area contributed by atoms with Crippen molar-refractivity contribution < 1.29 is 4.79 Å². The normalized spacial score (nSPS) is 11.6. The molecule has 0 saturated heterocycles. The minimum atomic E-state index is -0.680. The summed E-state index contributed by atoms with van der Waals surface area (Å²) in [5.74, 6) is 0. The van der Waals surface area contributed by atoms with Crippen molar-refractivity contribution in [2.75, 3.05) is 5.32 Å². The van der Waals surface area contributed by atoms with Crippen molar-refractivity contribution in [1.29, 1.82) is 0 Å². The van der Waals surface area contributed by atoms with E-state index in [1.807, 2.05) is 19.9 Å². The topological polar surface area (TPSA) is 63.5 Å². The molecule has 0 aliphatic carbocycles. The molecule has 5 heteroatoms. The molecule has 2 aromatic heterocycles. The summed E-state index contributed by atoms with van der Waals surface area (Å²) in [4.78, 5) is 27.6. The Kier molecular flexibility index (Phi) is 3.61. The van der Waals surface area contributed by atoms with Crippen molar-refractivity contribution >= 4 is 17.6 Å². The maximum atomic E-state index is 12.1. The van der Waals surface area contributed by atoms with E-state index in [9.17, 15) is 9.59 Å². The standard InChI is InChI=1S/C15H19N3O2/c1-5-11-7-13(20)18-8-12(17-15(3,4)9-19)6-10(2)14(18)16-11/h6-9,17H,5H2,1-4H3. The van der Waals surface area contributed by atoms with Gasteiger partial charge in [-0.15, -0.1) is 0 Å². The second-order valence-corrected chi connectivity index (χ2v) is 5.51. The van der Waals surface area contributed by atoms with E-state index in [1.54, 1.807) is 26.1 Å². The van der Waals surface area contributed by atoms with Crippen LogP contribution in [0.3, 0.4) is 0 Å². The minimum Gasteiger partial charge on any atom is -0.372 e. The molecule has 0 fully saturated rings. The molecule has 0 aromatic carbocycles. The number of fused-ring (bicyclic) bond motifs is 1. The lowest BCUT2D eigenvalue weighted by atomic mass is 10.1. The molecule has 0 atom stereocenters. The van der Waals surface area contributed by atoms with Crippen LogP contribution in [0.2, 0.25) is 0 Å². The number of nitrogens with zero attached hydrogens (tertiary/aromatic N) is 2. The van der Waals surface area contributed by atoms with Crippen LogP contribution in [0.25, 0.3) is 5.65 Å². The number of hydrogen-bond donors (Lipinski definition) is 1. The lowest BCUT2D eigenvalue weighted by molar-refractivity contribution is -0.110.